The Labute approximate surface area is 89.2 Å². The second-order valence-corrected chi connectivity index (χ2v) is 4.05. The Morgan fingerprint density at radius 2 is 2.60 bits per heavy atom. The maximum Gasteiger partial charge on any atom is 0.224 e. The standard InChI is InChI=1S/C11H16N2O2/c1-13-5-4-9(8-13)11(14)12-7-10-3-2-6-15-10/h2-3,6,9H,4-5,7-8H2,1H3,(H,12,14). The summed E-state index contributed by atoms with van der Waals surface area (Å²) in [5.41, 5.74) is 0. The molecule has 1 fully saturated rings. The summed E-state index contributed by atoms with van der Waals surface area (Å²) in [5.74, 6) is 1.08. The first kappa shape index (κ1) is 10.2. The van der Waals surface area contributed by atoms with E-state index in [2.05, 4.69) is 10.2 Å². The maximum absolute atomic E-state index is 11.7. The lowest BCUT2D eigenvalue weighted by atomic mass is 10.1. The molecule has 1 amide bonds. The number of hydrogen-bond acceptors (Lipinski definition) is 3. The highest BCUT2D eigenvalue weighted by molar-refractivity contribution is 5.79. The van der Waals surface area contributed by atoms with Crippen molar-refractivity contribution < 1.29 is 9.21 Å². The third kappa shape index (κ3) is 2.59. The Hall–Kier alpha value is -1.29. The molecule has 0 aromatic carbocycles. The molecule has 0 bridgehead atoms. The number of nitrogens with zero attached hydrogens (tertiary/aromatic N) is 1. The van der Waals surface area contributed by atoms with Gasteiger partial charge in [-0.25, -0.2) is 0 Å². The zero-order valence-electron chi connectivity index (χ0n) is 8.90. The fourth-order valence-corrected chi connectivity index (χ4v) is 1.88. The molecule has 0 saturated carbocycles. The van der Waals surface area contributed by atoms with Gasteiger partial charge in [0.1, 0.15) is 5.76 Å². The normalized spacial score (nSPS) is 21.8. The van der Waals surface area contributed by atoms with E-state index in [0.29, 0.717) is 6.54 Å². The highest BCUT2D eigenvalue weighted by atomic mass is 16.3. The fraction of sp³-hybridized carbons (Fsp3) is 0.545. The molecular weight excluding hydrogens is 192 g/mol. The molecule has 1 unspecified atom stereocenters. The second kappa shape index (κ2) is 4.49. The summed E-state index contributed by atoms with van der Waals surface area (Å²) >= 11 is 0. The molecule has 1 aromatic heterocycles. The van der Waals surface area contributed by atoms with Crippen LogP contribution in [0.15, 0.2) is 22.8 Å². The van der Waals surface area contributed by atoms with Gasteiger partial charge in [0.05, 0.1) is 18.7 Å². The van der Waals surface area contributed by atoms with Crippen LogP contribution < -0.4 is 5.32 Å². The molecular formula is C11H16N2O2. The molecule has 1 aliphatic rings. The summed E-state index contributed by atoms with van der Waals surface area (Å²) in [6.45, 7) is 2.37. The average molecular weight is 208 g/mol. The van der Waals surface area contributed by atoms with Crippen LogP contribution in [0, 0.1) is 5.92 Å². The van der Waals surface area contributed by atoms with Gasteiger partial charge >= 0.3 is 0 Å². The Morgan fingerprint density at radius 1 is 1.73 bits per heavy atom. The number of carbonyl (C=O) groups excluding carboxylic acids is 1. The molecule has 4 nitrogen and oxygen atoms in total. The van der Waals surface area contributed by atoms with E-state index in [1.807, 2.05) is 19.2 Å². The maximum atomic E-state index is 11.7. The third-order valence-corrected chi connectivity index (χ3v) is 2.78. The highest BCUT2D eigenvalue weighted by Crippen LogP contribution is 2.14. The molecule has 2 heterocycles. The van der Waals surface area contributed by atoms with Gasteiger partial charge in [0.2, 0.25) is 5.91 Å². The van der Waals surface area contributed by atoms with Crippen molar-refractivity contribution in [2.45, 2.75) is 13.0 Å². The molecule has 0 radical (unpaired) electrons. The Morgan fingerprint density at radius 3 is 3.20 bits per heavy atom. The summed E-state index contributed by atoms with van der Waals surface area (Å²) < 4.78 is 5.14. The number of likely N-dealkylation sites (tertiary alicyclic amines) is 1. The van der Waals surface area contributed by atoms with Gasteiger partial charge in [0.15, 0.2) is 0 Å². The number of carbonyl (C=O) groups is 1. The van der Waals surface area contributed by atoms with Crippen molar-refractivity contribution in [2.75, 3.05) is 20.1 Å². The van der Waals surface area contributed by atoms with Gasteiger partial charge < -0.3 is 14.6 Å². The minimum absolute atomic E-state index is 0.135. The third-order valence-electron chi connectivity index (χ3n) is 2.78. The average Bonchev–Trinajstić information content (AvgIpc) is 2.84. The molecule has 4 heteroatoms. The minimum atomic E-state index is 0.135. The topological polar surface area (TPSA) is 45.5 Å². The number of nitrogens with one attached hydrogen (secondary N) is 1. The van der Waals surface area contributed by atoms with E-state index in [-0.39, 0.29) is 11.8 Å². The molecule has 0 spiro atoms. The summed E-state index contributed by atoms with van der Waals surface area (Å²) in [6.07, 6.45) is 2.57. The first-order chi connectivity index (χ1) is 7.25. The lowest BCUT2D eigenvalue weighted by Gasteiger charge is -2.10. The quantitative estimate of drug-likeness (QED) is 0.801. The van der Waals surface area contributed by atoms with Crippen molar-refractivity contribution in [3.63, 3.8) is 0 Å². The van der Waals surface area contributed by atoms with Crippen molar-refractivity contribution in [1.29, 1.82) is 0 Å². The van der Waals surface area contributed by atoms with Crippen LogP contribution in [-0.2, 0) is 11.3 Å². The molecule has 1 saturated heterocycles. The minimum Gasteiger partial charge on any atom is -0.467 e. The smallest absolute Gasteiger partial charge is 0.224 e. The first-order valence-electron chi connectivity index (χ1n) is 5.24. The number of rotatable bonds is 3. The van der Waals surface area contributed by atoms with Crippen LogP contribution in [0.3, 0.4) is 0 Å². The first-order valence-corrected chi connectivity index (χ1v) is 5.24. The summed E-state index contributed by atoms with van der Waals surface area (Å²) in [4.78, 5) is 13.9. The van der Waals surface area contributed by atoms with Gasteiger partial charge in [-0.15, -0.1) is 0 Å². The van der Waals surface area contributed by atoms with Gasteiger partial charge in [-0.2, -0.15) is 0 Å². The van der Waals surface area contributed by atoms with Crippen LogP contribution in [0.4, 0.5) is 0 Å². The predicted molar refractivity (Wildman–Crippen MR) is 56.2 cm³/mol. The summed E-state index contributed by atoms with van der Waals surface area (Å²) in [7, 11) is 2.04. The van der Waals surface area contributed by atoms with Crippen molar-refractivity contribution in [2.24, 2.45) is 5.92 Å². The van der Waals surface area contributed by atoms with Crippen LogP contribution in [0.2, 0.25) is 0 Å². The van der Waals surface area contributed by atoms with Crippen molar-refractivity contribution in [3.8, 4) is 0 Å². The molecule has 1 aromatic rings. The summed E-state index contributed by atoms with van der Waals surface area (Å²) in [5, 5.41) is 2.89. The Balaban J connectivity index is 1.78. The summed E-state index contributed by atoms with van der Waals surface area (Å²) in [6, 6.07) is 3.69. The van der Waals surface area contributed by atoms with Crippen LogP contribution in [-0.4, -0.2) is 30.9 Å². The fourth-order valence-electron chi connectivity index (χ4n) is 1.88. The monoisotopic (exact) mass is 208 g/mol. The van der Waals surface area contributed by atoms with Crippen molar-refractivity contribution in [1.82, 2.24) is 10.2 Å². The van der Waals surface area contributed by atoms with Crippen LogP contribution in [0.1, 0.15) is 12.2 Å². The second-order valence-electron chi connectivity index (χ2n) is 4.05. The molecule has 82 valence electrons. The van der Waals surface area contributed by atoms with Gasteiger partial charge in [0.25, 0.3) is 0 Å². The largest absolute Gasteiger partial charge is 0.467 e. The van der Waals surface area contributed by atoms with E-state index in [1.165, 1.54) is 0 Å². The van der Waals surface area contributed by atoms with Crippen molar-refractivity contribution in [3.05, 3.63) is 24.2 Å². The zero-order valence-corrected chi connectivity index (χ0v) is 8.90. The van der Waals surface area contributed by atoms with E-state index < -0.39 is 0 Å². The lowest BCUT2D eigenvalue weighted by molar-refractivity contribution is -0.124. The number of furan rings is 1. The van der Waals surface area contributed by atoms with Gasteiger partial charge in [-0.3, -0.25) is 4.79 Å². The van der Waals surface area contributed by atoms with Gasteiger partial charge in [-0.05, 0) is 32.1 Å². The van der Waals surface area contributed by atoms with E-state index in [4.69, 9.17) is 4.42 Å². The Bertz CT molecular complexity index is 321. The van der Waals surface area contributed by atoms with Crippen LogP contribution in [0.25, 0.3) is 0 Å². The molecule has 2 rings (SSSR count). The molecule has 15 heavy (non-hydrogen) atoms. The van der Waals surface area contributed by atoms with Crippen LogP contribution in [0.5, 0.6) is 0 Å². The van der Waals surface area contributed by atoms with E-state index in [9.17, 15) is 4.79 Å². The Kier molecular flexibility index (Phi) is 3.06. The lowest BCUT2D eigenvalue weighted by Crippen LogP contribution is -2.31. The molecule has 1 atom stereocenters. The number of amides is 1. The van der Waals surface area contributed by atoms with E-state index >= 15 is 0 Å². The molecule has 1 aliphatic heterocycles. The van der Waals surface area contributed by atoms with Crippen LogP contribution >= 0.6 is 0 Å². The molecule has 1 N–H and O–H groups in total. The SMILES string of the molecule is CN1CCC(C(=O)NCc2ccco2)C1. The zero-order chi connectivity index (χ0) is 10.7. The van der Waals surface area contributed by atoms with E-state index in [0.717, 1.165) is 25.3 Å². The van der Waals surface area contributed by atoms with E-state index in [1.54, 1.807) is 6.26 Å². The predicted octanol–water partition coefficient (Wildman–Crippen LogP) is 0.847. The van der Waals surface area contributed by atoms with Crippen molar-refractivity contribution >= 4 is 5.91 Å². The van der Waals surface area contributed by atoms with Gasteiger partial charge in [-0.1, -0.05) is 0 Å². The molecule has 0 aliphatic carbocycles. The van der Waals surface area contributed by atoms with Gasteiger partial charge in [0, 0.05) is 6.54 Å². The highest BCUT2D eigenvalue weighted by Gasteiger charge is 2.25. The number of hydrogen-bond donors (Lipinski definition) is 1.